The number of aliphatic hydroxyl groups excluding tert-OH is 1. The maximum atomic E-state index is 13.1. The molecule has 0 saturated carbocycles. The Morgan fingerprint density at radius 2 is 1.52 bits per heavy atom. The number of hydrogen-bond acceptors (Lipinski definition) is 7. The van der Waals surface area contributed by atoms with Crippen LogP contribution in [-0.2, 0) is 9.59 Å². The van der Waals surface area contributed by atoms with Gasteiger partial charge in [0.1, 0.15) is 17.3 Å². The van der Waals surface area contributed by atoms with Crippen molar-refractivity contribution in [1.29, 1.82) is 0 Å². The molecule has 0 radical (unpaired) electrons. The molecule has 2 N–H and O–H groups in total. The maximum absolute atomic E-state index is 13.1. The molecule has 8 nitrogen and oxygen atoms in total. The highest BCUT2D eigenvalue weighted by Gasteiger charge is 2.46. The van der Waals surface area contributed by atoms with Crippen LogP contribution in [0.1, 0.15) is 17.2 Å². The summed E-state index contributed by atoms with van der Waals surface area (Å²) in [5.41, 5.74) is 1.29. The van der Waals surface area contributed by atoms with E-state index >= 15 is 0 Å². The van der Waals surface area contributed by atoms with Gasteiger partial charge in [0.2, 0.25) is 0 Å². The van der Waals surface area contributed by atoms with Gasteiger partial charge in [-0.1, -0.05) is 12.1 Å². The van der Waals surface area contributed by atoms with Crippen molar-refractivity contribution in [2.24, 2.45) is 0 Å². The summed E-state index contributed by atoms with van der Waals surface area (Å²) in [6.07, 6.45) is 0. The molecule has 0 aromatic heterocycles. The lowest BCUT2D eigenvalue weighted by molar-refractivity contribution is -0.140. The predicted molar refractivity (Wildman–Crippen MR) is 124 cm³/mol. The predicted octanol–water partition coefficient (Wildman–Crippen LogP) is 2.03. The smallest absolute Gasteiger partial charge is 0.295 e. The summed E-state index contributed by atoms with van der Waals surface area (Å²) >= 11 is 0. The van der Waals surface area contributed by atoms with E-state index in [9.17, 15) is 14.7 Å². The largest absolute Gasteiger partial charge is 0.507 e. The molecular weight excluding hydrogens is 422 g/mol. The third-order valence-corrected chi connectivity index (χ3v) is 6.20. The molecule has 4 rings (SSSR count). The second kappa shape index (κ2) is 10.1. The summed E-state index contributed by atoms with van der Waals surface area (Å²) in [4.78, 5) is 30.1. The minimum atomic E-state index is -0.680. The van der Waals surface area contributed by atoms with Crippen LogP contribution in [0.4, 0.5) is 0 Å². The van der Waals surface area contributed by atoms with Gasteiger partial charge in [-0.2, -0.15) is 0 Å². The average molecular weight is 452 g/mol. The van der Waals surface area contributed by atoms with Crippen LogP contribution >= 0.6 is 0 Å². The van der Waals surface area contributed by atoms with Crippen molar-refractivity contribution >= 4 is 17.4 Å². The zero-order chi connectivity index (χ0) is 23.4. The van der Waals surface area contributed by atoms with Gasteiger partial charge in [-0.05, 0) is 42.0 Å². The molecule has 0 aliphatic carbocycles. The van der Waals surface area contributed by atoms with Gasteiger partial charge in [-0.25, -0.2) is 0 Å². The number of Topliss-reactive ketones (excluding diaryl/α,β-unsaturated/α-hetero) is 1. The van der Waals surface area contributed by atoms with Crippen LogP contribution in [0.5, 0.6) is 11.5 Å². The van der Waals surface area contributed by atoms with Gasteiger partial charge >= 0.3 is 0 Å². The van der Waals surface area contributed by atoms with Crippen LogP contribution in [0.2, 0.25) is 0 Å². The van der Waals surface area contributed by atoms with Crippen molar-refractivity contribution in [1.82, 2.24) is 15.1 Å². The number of carbonyl (C=O) groups excluding carboxylic acids is 2. The molecule has 0 unspecified atom stereocenters. The number of carbonyl (C=O) groups is 2. The molecule has 2 aromatic carbocycles. The molecule has 1 atom stereocenters. The van der Waals surface area contributed by atoms with Crippen molar-refractivity contribution in [2.45, 2.75) is 6.04 Å². The van der Waals surface area contributed by atoms with Gasteiger partial charge in [0.15, 0.2) is 0 Å². The number of benzene rings is 2. The van der Waals surface area contributed by atoms with Gasteiger partial charge < -0.3 is 24.8 Å². The summed E-state index contributed by atoms with van der Waals surface area (Å²) in [5.74, 6) is -0.159. The van der Waals surface area contributed by atoms with Gasteiger partial charge in [-0.3, -0.25) is 14.5 Å². The maximum Gasteiger partial charge on any atom is 0.295 e. The van der Waals surface area contributed by atoms with E-state index in [4.69, 9.17) is 9.47 Å². The first kappa shape index (κ1) is 22.8. The minimum absolute atomic E-state index is 0.0932. The van der Waals surface area contributed by atoms with Crippen LogP contribution in [0.15, 0.2) is 54.1 Å². The normalized spacial score (nSPS) is 20.8. The molecule has 174 valence electrons. The number of hydrogen-bond donors (Lipinski definition) is 2. The number of likely N-dealkylation sites (tertiary alicyclic amines) is 1. The standard InChI is InChI=1S/C25H29N3O5/c1-32-19-7-3-17(4-8-19)22-21(23(29)18-5-9-20(33-2)10-6-18)24(30)25(31)28(22)16-15-27-13-11-26-12-14-27/h3-10,22,26,29H,11-16H2,1-2H3/t22-/m0/s1. The fourth-order valence-corrected chi connectivity index (χ4v) is 4.33. The number of amides is 1. The Kier molecular flexibility index (Phi) is 6.96. The van der Waals surface area contributed by atoms with Crippen LogP contribution in [-0.4, -0.2) is 80.1 Å². The Balaban J connectivity index is 1.72. The Bertz CT molecular complexity index is 1030. The molecule has 2 fully saturated rings. The molecule has 1 amide bonds. The number of rotatable bonds is 7. The number of ether oxygens (including phenoxy) is 2. The van der Waals surface area contributed by atoms with Gasteiger partial charge in [0.05, 0.1) is 25.8 Å². The molecule has 33 heavy (non-hydrogen) atoms. The molecule has 2 aromatic rings. The molecule has 2 aliphatic heterocycles. The highest BCUT2D eigenvalue weighted by atomic mass is 16.5. The van der Waals surface area contributed by atoms with E-state index in [1.807, 2.05) is 12.1 Å². The number of methoxy groups -OCH3 is 2. The molecule has 0 bridgehead atoms. The second-order valence-electron chi connectivity index (χ2n) is 8.09. The Morgan fingerprint density at radius 1 is 0.939 bits per heavy atom. The number of ketones is 1. The average Bonchev–Trinajstić information content (AvgIpc) is 3.12. The molecule has 2 aliphatic rings. The van der Waals surface area contributed by atoms with E-state index in [1.165, 1.54) is 0 Å². The zero-order valence-corrected chi connectivity index (χ0v) is 18.9. The zero-order valence-electron chi connectivity index (χ0n) is 18.9. The van der Waals surface area contributed by atoms with Crippen LogP contribution in [0, 0.1) is 0 Å². The molecule has 0 spiro atoms. The molecule has 2 saturated heterocycles. The first-order valence-electron chi connectivity index (χ1n) is 11.0. The number of nitrogens with zero attached hydrogens (tertiary/aromatic N) is 2. The third-order valence-electron chi connectivity index (χ3n) is 6.20. The Labute approximate surface area is 193 Å². The number of piperazine rings is 1. The molecular formula is C25H29N3O5. The van der Waals surface area contributed by atoms with E-state index < -0.39 is 17.7 Å². The van der Waals surface area contributed by atoms with Gasteiger partial charge in [-0.15, -0.1) is 0 Å². The van der Waals surface area contributed by atoms with Gasteiger partial charge in [0.25, 0.3) is 11.7 Å². The molecule has 8 heteroatoms. The van der Waals surface area contributed by atoms with Gasteiger partial charge in [0, 0.05) is 44.8 Å². The third kappa shape index (κ3) is 4.72. The van der Waals surface area contributed by atoms with Crippen molar-refractivity contribution < 1.29 is 24.2 Å². The quantitative estimate of drug-likeness (QED) is 0.378. The van der Waals surface area contributed by atoms with E-state index in [0.717, 1.165) is 31.7 Å². The van der Waals surface area contributed by atoms with Crippen LogP contribution in [0.3, 0.4) is 0 Å². The van der Waals surface area contributed by atoms with E-state index in [-0.39, 0.29) is 11.3 Å². The lowest BCUT2D eigenvalue weighted by Gasteiger charge is -2.31. The Morgan fingerprint density at radius 3 is 2.09 bits per heavy atom. The number of nitrogens with one attached hydrogen (secondary N) is 1. The lowest BCUT2D eigenvalue weighted by Crippen LogP contribution is -2.46. The second-order valence-corrected chi connectivity index (χ2v) is 8.09. The van der Waals surface area contributed by atoms with E-state index in [0.29, 0.717) is 30.2 Å². The van der Waals surface area contributed by atoms with Crippen LogP contribution in [0.25, 0.3) is 5.76 Å². The summed E-state index contributed by atoms with van der Waals surface area (Å²) in [6.45, 7) is 4.63. The highest BCUT2D eigenvalue weighted by molar-refractivity contribution is 6.46. The van der Waals surface area contributed by atoms with E-state index in [2.05, 4.69) is 10.2 Å². The summed E-state index contributed by atoms with van der Waals surface area (Å²) < 4.78 is 10.4. The Hall–Kier alpha value is -3.36. The van der Waals surface area contributed by atoms with E-state index in [1.54, 1.807) is 55.5 Å². The van der Waals surface area contributed by atoms with Crippen molar-refractivity contribution in [2.75, 3.05) is 53.5 Å². The minimum Gasteiger partial charge on any atom is -0.507 e. The fraction of sp³-hybridized carbons (Fsp3) is 0.360. The first-order chi connectivity index (χ1) is 16.0. The summed E-state index contributed by atoms with van der Waals surface area (Å²) in [7, 11) is 3.14. The van der Waals surface area contributed by atoms with Crippen molar-refractivity contribution in [3.63, 3.8) is 0 Å². The van der Waals surface area contributed by atoms with Crippen LogP contribution < -0.4 is 14.8 Å². The molecule has 2 heterocycles. The SMILES string of the molecule is COc1ccc(C(O)=C2C(=O)C(=O)N(CCN3CCNCC3)[C@H]2c2ccc(OC)cc2)cc1. The topological polar surface area (TPSA) is 91.3 Å². The number of aliphatic hydroxyl groups is 1. The van der Waals surface area contributed by atoms with Crippen molar-refractivity contribution in [3.8, 4) is 11.5 Å². The first-order valence-corrected chi connectivity index (χ1v) is 11.0. The lowest BCUT2D eigenvalue weighted by atomic mass is 9.95. The monoisotopic (exact) mass is 451 g/mol. The fourth-order valence-electron chi connectivity index (χ4n) is 4.33. The highest BCUT2D eigenvalue weighted by Crippen LogP contribution is 2.39. The summed E-state index contributed by atoms with van der Waals surface area (Å²) in [5, 5.41) is 14.4. The summed E-state index contributed by atoms with van der Waals surface area (Å²) in [6, 6.07) is 13.3. The van der Waals surface area contributed by atoms with Crippen molar-refractivity contribution in [3.05, 3.63) is 65.2 Å².